The van der Waals surface area contributed by atoms with Gasteiger partial charge in [0, 0.05) is 26.6 Å². The fraction of sp³-hybridized carbons (Fsp3) is 0.429. The summed E-state index contributed by atoms with van der Waals surface area (Å²) in [5.41, 5.74) is 0.605. The summed E-state index contributed by atoms with van der Waals surface area (Å²) in [6.07, 6.45) is -1.05. The number of ether oxygens (including phenoxy) is 1. The second-order valence-electron chi connectivity index (χ2n) is 5.06. The number of benzene rings is 1. The van der Waals surface area contributed by atoms with Gasteiger partial charge in [-0.3, -0.25) is 9.69 Å². The van der Waals surface area contributed by atoms with E-state index in [4.69, 9.17) is 14.0 Å². The van der Waals surface area contributed by atoms with Crippen LogP contribution < -0.4 is 15.7 Å². The first-order valence-electron chi connectivity index (χ1n) is 7.04. The van der Waals surface area contributed by atoms with Crippen molar-refractivity contribution in [3.8, 4) is 0 Å². The summed E-state index contributed by atoms with van der Waals surface area (Å²) in [6.45, 7) is 1.83. The van der Waals surface area contributed by atoms with Crippen LogP contribution in [-0.2, 0) is 18.8 Å². The molecule has 2 rings (SSSR count). The van der Waals surface area contributed by atoms with E-state index in [1.54, 1.807) is 6.07 Å². The van der Waals surface area contributed by atoms with E-state index in [1.165, 1.54) is 38.2 Å². The van der Waals surface area contributed by atoms with E-state index in [0.717, 1.165) is 0 Å². The average Bonchev–Trinajstić information content (AvgIpc) is 2.89. The number of nitrogens with zero attached hydrogens (tertiary/aromatic N) is 1. The lowest BCUT2D eigenvalue weighted by Crippen LogP contribution is -2.37. The fourth-order valence-corrected chi connectivity index (χ4v) is 2.32. The van der Waals surface area contributed by atoms with Crippen molar-refractivity contribution < 1.29 is 28.0 Å². The van der Waals surface area contributed by atoms with Crippen LogP contribution in [0.5, 0.6) is 0 Å². The van der Waals surface area contributed by atoms with Crippen molar-refractivity contribution in [3.63, 3.8) is 0 Å². The summed E-state index contributed by atoms with van der Waals surface area (Å²) >= 11 is 0. The number of hydrogen-bond donors (Lipinski definition) is 1. The molecule has 1 atom stereocenters. The van der Waals surface area contributed by atoms with Gasteiger partial charge in [0.1, 0.15) is 11.9 Å². The third-order valence-electron chi connectivity index (χ3n) is 3.43. The number of carbonyl (C=O) groups excluding carboxylic acids is 2. The summed E-state index contributed by atoms with van der Waals surface area (Å²) < 4.78 is 29.4. The van der Waals surface area contributed by atoms with E-state index in [2.05, 4.69) is 5.32 Å². The van der Waals surface area contributed by atoms with Gasteiger partial charge in [-0.1, -0.05) is 6.07 Å². The molecule has 0 radical (unpaired) electrons. The topological polar surface area (TPSA) is 77.1 Å². The van der Waals surface area contributed by atoms with Crippen LogP contribution in [0.2, 0.25) is 0 Å². The highest BCUT2D eigenvalue weighted by Crippen LogP contribution is 2.21. The zero-order valence-corrected chi connectivity index (χ0v) is 13.2. The predicted molar refractivity (Wildman–Crippen MR) is 82.1 cm³/mol. The monoisotopic (exact) mass is 324 g/mol. The van der Waals surface area contributed by atoms with Crippen molar-refractivity contribution in [1.29, 1.82) is 0 Å². The van der Waals surface area contributed by atoms with Gasteiger partial charge in [0.15, 0.2) is 0 Å². The number of rotatable bonds is 6. The van der Waals surface area contributed by atoms with Gasteiger partial charge in [-0.25, -0.2) is 9.18 Å². The molecule has 1 N–H and O–H groups in total. The molecule has 1 aromatic carbocycles. The molecule has 0 aliphatic carbocycles. The second-order valence-corrected chi connectivity index (χ2v) is 5.06. The summed E-state index contributed by atoms with van der Waals surface area (Å²) in [4.78, 5) is 24.1. The molecule has 1 aromatic rings. The van der Waals surface area contributed by atoms with Crippen LogP contribution in [0.3, 0.4) is 0 Å². The minimum atomic E-state index is -0.818. The SMILES string of the molecule is COB(OC)c1ccc(N2CC(CNC(C)=O)OC2=O)cc1F. The Morgan fingerprint density at radius 2 is 2.17 bits per heavy atom. The molecule has 1 aliphatic heterocycles. The number of carbonyl (C=O) groups is 2. The molecule has 0 aromatic heterocycles. The highest BCUT2D eigenvalue weighted by atomic mass is 19.1. The van der Waals surface area contributed by atoms with Gasteiger partial charge in [0.25, 0.3) is 0 Å². The Kier molecular flexibility index (Phi) is 5.57. The summed E-state index contributed by atoms with van der Waals surface area (Å²) in [6, 6.07) is 4.31. The first kappa shape index (κ1) is 17.2. The molecule has 1 heterocycles. The van der Waals surface area contributed by atoms with E-state index in [1.807, 2.05) is 0 Å². The Morgan fingerprint density at radius 1 is 1.48 bits per heavy atom. The lowest BCUT2D eigenvalue weighted by Gasteiger charge is -2.15. The van der Waals surface area contributed by atoms with Crippen molar-refractivity contribution in [3.05, 3.63) is 24.0 Å². The maximum atomic E-state index is 14.2. The number of halogens is 1. The number of amides is 2. The van der Waals surface area contributed by atoms with Gasteiger partial charge in [-0.15, -0.1) is 0 Å². The molecule has 1 aliphatic rings. The van der Waals surface area contributed by atoms with E-state index < -0.39 is 25.1 Å². The molecule has 0 spiro atoms. The lowest BCUT2D eigenvalue weighted by atomic mass is 9.78. The molecule has 124 valence electrons. The molecule has 9 heteroatoms. The van der Waals surface area contributed by atoms with Crippen molar-refractivity contribution in [2.75, 3.05) is 32.2 Å². The van der Waals surface area contributed by atoms with E-state index in [0.29, 0.717) is 5.69 Å². The molecule has 2 amide bonds. The summed E-state index contributed by atoms with van der Waals surface area (Å²) in [5, 5.41) is 2.58. The number of anilines is 1. The first-order valence-corrected chi connectivity index (χ1v) is 7.04. The lowest BCUT2D eigenvalue weighted by molar-refractivity contribution is -0.119. The normalized spacial score (nSPS) is 17.1. The summed E-state index contributed by atoms with van der Waals surface area (Å²) in [5.74, 6) is -0.755. The fourth-order valence-electron chi connectivity index (χ4n) is 2.32. The molecular weight excluding hydrogens is 306 g/mol. The van der Waals surface area contributed by atoms with Crippen LogP contribution in [0, 0.1) is 5.82 Å². The van der Waals surface area contributed by atoms with Crippen LogP contribution in [0.4, 0.5) is 14.9 Å². The van der Waals surface area contributed by atoms with Crippen molar-refractivity contribution in [2.24, 2.45) is 0 Å². The van der Waals surface area contributed by atoms with Gasteiger partial charge in [0.2, 0.25) is 5.91 Å². The average molecular weight is 324 g/mol. The maximum absolute atomic E-state index is 14.2. The van der Waals surface area contributed by atoms with Gasteiger partial charge in [0.05, 0.1) is 18.8 Å². The van der Waals surface area contributed by atoms with E-state index in [9.17, 15) is 14.0 Å². The Labute approximate surface area is 133 Å². The maximum Gasteiger partial charge on any atom is 0.496 e. The highest BCUT2D eigenvalue weighted by Gasteiger charge is 2.33. The minimum Gasteiger partial charge on any atom is -0.442 e. The molecule has 1 unspecified atom stereocenters. The van der Waals surface area contributed by atoms with Gasteiger partial charge in [-0.2, -0.15) is 0 Å². The Hall–Kier alpha value is -2.13. The van der Waals surface area contributed by atoms with Crippen LogP contribution >= 0.6 is 0 Å². The molecule has 7 nitrogen and oxygen atoms in total. The van der Waals surface area contributed by atoms with E-state index >= 15 is 0 Å². The molecule has 1 fully saturated rings. The Bertz CT molecular complexity index is 597. The molecule has 0 bridgehead atoms. The molecule has 1 saturated heterocycles. The van der Waals surface area contributed by atoms with Crippen molar-refractivity contribution in [1.82, 2.24) is 5.32 Å². The summed E-state index contributed by atoms with van der Waals surface area (Å²) in [7, 11) is 2.00. The molecule has 23 heavy (non-hydrogen) atoms. The second kappa shape index (κ2) is 7.43. The number of hydrogen-bond acceptors (Lipinski definition) is 5. The largest absolute Gasteiger partial charge is 0.496 e. The number of cyclic esters (lactones) is 1. The third kappa shape index (κ3) is 3.99. The quantitative estimate of drug-likeness (QED) is 0.761. The first-order chi connectivity index (χ1) is 11.0. The van der Waals surface area contributed by atoms with Crippen LogP contribution in [-0.4, -0.2) is 52.5 Å². The van der Waals surface area contributed by atoms with Crippen LogP contribution in [0.1, 0.15) is 6.92 Å². The zero-order chi connectivity index (χ0) is 17.0. The molecule has 0 saturated carbocycles. The minimum absolute atomic E-state index is 0.208. The van der Waals surface area contributed by atoms with Crippen LogP contribution in [0.25, 0.3) is 0 Å². The molecular formula is C14H18BFN2O5. The van der Waals surface area contributed by atoms with Gasteiger partial charge < -0.3 is 19.4 Å². The third-order valence-corrected chi connectivity index (χ3v) is 3.43. The van der Waals surface area contributed by atoms with Crippen LogP contribution in [0.15, 0.2) is 18.2 Å². The zero-order valence-electron chi connectivity index (χ0n) is 13.2. The Morgan fingerprint density at radius 3 is 2.74 bits per heavy atom. The van der Waals surface area contributed by atoms with E-state index in [-0.39, 0.29) is 24.5 Å². The van der Waals surface area contributed by atoms with Crippen molar-refractivity contribution >= 4 is 30.3 Å². The van der Waals surface area contributed by atoms with Gasteiger partial charge in [-0.05, 0) is 12.1 Å². The predicted octanol–water partition coefficient (Wildman–Crippen LogP) is 0.275. The Balaban J connectivity index is 2.11. The standard InChI is InChI=1S/C14H18BFN2O5/c1-9(19)17-7-11-8-18(14(20)23-11)10-4-5-12(13(16)6-10)15(21-2)22-3/h4-6,11H,7-8H2,1-3H3,(H,17,19). The van der Waals surface area contributed by atoms with Gasteiger partial charge >= 0.3 is 13.2 Å². The van der Waals surface area contributed by atoms with Crippen molar-refractivity contribution in [2.45, 2.75) is 13.0 Å². The smallest absolute Gasteiger partial charge is 0.442 e. The highest BCUT2D eigenvalue weighted by molar-refractivity contribution is 6.61. The number of nitrogens with one attached hydrogen (secondary N) is 1.